The quantitative estimate of drug-likeness (QED) is 0.403. The zero-order chi connectivity index (χ0) is 22.9. The number of imidazole rings is 1. The second kappa shape index (κ2) is 8.44. The first-order chi connectivity index (χ1) is 16.0. The summed E-state index contributed by atoms with van der Waals surface area (Å²) in [5, 5.41) is 9.51. The number of pyridine rings is 2. The van der Waals surface area contributed by atoms with Gasteiger partial charge in [-0.2, -0.15) is 5.10 Å². The number of rotatable bonds is 5. The van der Waals surface area contributed by atoms with Crippen molar-refractivity contribution in [3.63, 3.8) is 0 Å². The SMILES string of the molecule is C=C(/C=c1/c(-c2nc3c(-c4ccc(C(=C)C)s4)nccc3[nH]2)n[nH]/c1=C/C)c1ccncc1. The lowest BCUT2D eigenvalue weighted by Gasteiger charge is -1.99. The molecule has 6 nitrogen and oxygen atoms in total. The third-order valence-corrected chi connectivity index (χ3v) is 6.63. The van der Waals surface area contributed by atoms with E-state index < -0.39 is 0 Å². The van der Waals surface area contributed by atoms with Gasteiger partial charge in [0.15, 0.2) is 5.82 Å². The Kier molecular flexibility index (Phi) is 5.32. The van der Waals surface area contributed by atoms with Crippen LogP contribution in [-0.2, 0) is 0 Å². The molecule has 0 spiro atoms. The molecule has 33 heavy (non-hydrogen) atoms. The Morgan fingerprint density at radius 2 is 1.85 bits per heavy atom. The first kappa shape index (κ1) is 20.8. The van der Waals surface area contributed by atoms with Crippen molar-refractivity contribution >= 4 is 45.7 Å². The van der Waals surface area contributed by atoms with Crippen LogP contribution >= 0.6 is 11.3 Å². The largest absolute Gasteiger partial charge is 0.336 e. The highest BCUT2D eigenvalue weighted by Gasteiger charge is 2.16. The van der Waals surface area contributed by atoms with Gasteiger partial charge in [0.05, 0.1) is 15.7 Å². The highest BCUT2D eigenvalue weighted by Crippen LogP contribution is 2.34. The van der Waals surface area contributed by atoms with E-state index >= 15 is 0 Å². The summed E-state index contributed by atoms with van der Waals surface area (Å²) in [4.78, 5) is 19.2. The molecule has 7 heteroatoms. The summed E-state index contributed by atoms with van der Waals surface area (Å²) in [6.45, 7) is 12.3. The van der Waals surface area contributed by atoms with E-state index in [2.05, 4.69) is 50.4 Å². The molecule has 0 saturated heterocycles. The zero-order valence-electron chi connectivity index (χ0n) is 18.4. The van der Waals surface area contributed by atoms with Crippen LogP contribution in [-0.4, -0.2) is 30.1 Å². The highest BCUT2D eigenvalue weighted by molar-refractivity contribution is 7.16. The molecule has 0 unspecified atom stereocenters. The molecule has 0 radical (unpaired) electrons. The predicted octanol–water partition coefficient (Wildman–Crippen LogP) is 4.80. The second-order valence-electron chi connectivity index (χ2n) is 7.68. The maximum atomic E-state index is 4.91. The lowest BCUT2D eigenvalue weighted by atomic mass is 10.1. The Hall–Kier alpha value is -4.10. The number of H-pyrrole nitrogens is 2. The van der Waals surface area contributed by atoms with Crippen LogP contribution in [0.15, 0.2) is 62.1 Å². The summed E-state index contributed by atoms with van der Waals surface area (Å²) in [6.07, 6.45) is 9.33. The summed E-state index contributed by atoms with van der Waals surface area (Å²) in [5.41, 5.74) is 6.20. The minimum Gasteiger partial charge on any atom is -0.336 e. The summed E-state index contributed by atoms with van der Waals surface area (Å²) >= 11 is 1.67. The van der Waals surface area contributed by atoms with Gasteiger partial charge in [-0.05, 0) is 67.0 Å². The van der Waals surface area contributed by atoms with Crippen LogP contribution in [0.1, 0.15) is 24.3 Å². The maximum absolute atomic E-state index is 4.91. The molecule has 0 saturated carbocycles. The molecule has 0 aliphatic carbocycles. The van der Waals surface area contributed by atoms with Gasteiger partial charge in [0.2, 0.25) is 0 Å². The van der Waals surface area contributed by atoms with Crippen molar-refractivity contribution in [1.29, 1.82) is 0 Å². The fourth-order valence-electron chi connectivity index (χ4n) is 3.66. The number of hydrogen-bond acceptors (Lipinski definition) is 5. The van der Waals surface area contributed by atoms with Gasteiger partial charge >= 0.3 is 0 Å². The average Bonchev–Trinajstić information content (AvgIpc) is 3.57. The molecular weight excluding hydrogens is 428 g/mol. The minimum atomic E-state index is 0.675. The number of hydrogen-bond donors (Lipinski definition) is 2. The number of aromatic nitrogens is 6. The maximum Gasteiger partial charge on any atom is 0.159 e. The van der Waals surface area contributed by atoms with Crippen molar-refractivity contribution < 1.29 is 0 Å². The van der Waals surface area contributed by atoms with Crippen LogP contribution in [0.2, 0.25) is 0 Å². The fraction of sp³-hybridized carbons (Fsp3) is 0.0769. The van der Waals surface area contributed by atoms with Crippen LogP contribution in [0.3, 0.4) is 0 Å². The first-order valence-electron chi connectivity index (χ1n) is 10.5. The van der Waals surface area contributed by atoms with Gasteiger partial charge in [-0.1, -0.05) is 19.2 Å². The van der Waals surface area contributed by atoms with Crippen LogP contribution < -0.4 is 10.6 Å². The topological polar surface area (TPSA) is 83.1 Å². The van der Waals surface area contributed by atoms with Crippen molar-refractivity contribution in [2.24, 2.45) is 0 Å². The second-order valence-corrected chi connectivity index (χ2v) is 8.76. The summed E-state index contributed by atoms with van der Waals surface area (Å²) in [6, 6.07) is 9.95. The van der Waals surface area contributed by atoms with E-state index in [9.17, 15) is 0 Å². The highest BCUT2D eigenvalue weighted by atomic mass is 32.1. The number of thiophene rings is 1. The van der Waals surface area contributed by atoms with E-state index in [1.165, 1.54) is 0 Å². The van der Waals surface area contributed by atoms with Gasteiger partial charge in [-0.3, -0.25) is 15.1 Å². The minimum absolute atomic E-state index is 0.675. The zero-order valence-corrected chi connectivity index (χ0v) is 19.2. The third kappa shape index (κ3) is 3.83. The molecule has 0 atom stereocenters. The molecule has 162 valence electrons. The molecular formula is C26H22N6S. The Morgan fingerprint density at radius 3 is 2.58 bits per heavy atom. The third-order valence-electron chi connectivity index (χ3n) is 5.38. The number of aromatic amines is 2. The van der Waals surface area contributed by atoms with Gasteiger partial charge in [0.25, 0.3) is 0 Å². The Morgan fingerprint density at radius 1 is 1.03 bits per heavy atom. The fourth-order valence-corrected chi connectivity index (χ4v) is 4.59. The Bertz CT molecular complexity index is 1620. The van der Waals surface area contributed by atoms with E-state index in [-0.39, 0.29) is 0 Å². The van der Waals surface area contributed by atoms with Crippen LogP contribution in [0.5, 0.6) is 0 Å². The van der Waals surface area contributed by atoms with Gasteiger partial charge < -0.3 is 4.98 Å². The van der Waals surface area contributed by atoms with Crippen LogP contribution in [0.25, 0.3) is 56.4 Å². The van der Waals surface area contributed by atoms with Gasteiger partial charge in [-0.15, -0.1) is 11.3 Å². The lowest BCUT2D eigenvalue weighted by molar-refractivity contribution is 1.05. The summed E-state index contributed by atoms with van der Waals surface area (Å²) in [7, 11) is 0. The number of nitrogens with one attached hydrogen (secondary N) is 2. The summed E-state index contributed by atoms with van der Waals surface area (Å²) in [5.74, 6) is 0.675. The van der Waals surface area contributed by atoms with Gasteiger partial charge in [0.1, 0.15) is 16.9 Å². The smallest absolute Gasteiger partial charge is 0.159 e. The van der Waals surface area contributed by atoms with E-state index in [4.69, 9.17) is 4.98 Å². The van der Waals surface area contributed by atoms with E-state index in [1.807, 2.05) is 44.2 Å². The molecule has 0 amide bonds. The predicted molar refractivity (Wildman–Crippen MR) is 137 cm³/mol. The molecule has 5 aromatic rings. The molecule has 0 fully saturated rings. The number of nitrogens with zero attached hydrogens (tertiary/aromatic N) is 4. The molecule has 5 heterocycles. The van der Waals surface area contributed by atoms with Crippen LogP contribution in [0.4, 0.5) is 0 Å². The summed E-state index contributed by atoms with van der Waals surface area (Å²) < 4.78 is 0. The van der Waals surface area contributed by atoms with E-state index in [0.717, 1.165) is 59.5 Å². The van der Waals surface area contributed by atoms with Crippen molar-refractivity contribution in [3.05, 3.63) is 83.1 Å². The number of allylic oxidation sites excluding steroid dienone is 2. The van der Waals surface area contributed by atoms with Gasteiger partial charge in [-0.25, -0.2) is 4.98 Å². The van der Waals surface area contributed by atoms with E-state index in [1.54, 1.807) is 29.9 Å². The van der Waals surface area contributed by atoms with Crippen molar-refractivity contribution in [2.75, 3.05) is 0 Å². The molecule has 5 rings (SSSR count). The molecule has 5 aromatic heterocycles. The first-order valence-corrected chi connectivity index (χ1v) is 11.3. The molecule has 2 N–H and O–H groups in total. The monoisotopic (exact) mass is 450 g/mol. The lowest BCUT2D eigenvalue weighted by Crippen LogP contribution is -2.23. The van der Waals surface area contributed by atoms with Crippen LogP contribution in [0, 0.1) is 0 Å². The average molecular weight is 451 g/mol. The molecule has 0 bridgehead atoms. The normalized spacial score (nSPS) is 12.5. The van der Waals surface area contributed by atoms with Crippen molar-refractivity contribution in [2.45, 2.75) is 13.8 Å². The Labute approximate surface area is 194 Å². The standard InChI is InChI=1S/C26H22N6S/c1-5-19-18(14-16(4)17-8-11-27-12-9-17)23(32-31-19)26-29-20-10-13-28-25(24(20)30-26)22-7-6-21(33-22)15(2)3/h5-14,31H,2,4H2,1,3H3,(H,29,30)/b18-14+,19-5+. The number of fused-ring (bicyclic) bond motifs is 1. The Balaban J connectivity index is 1.65. The molecule has 0 aliphatic rings. The van der Waals surface area contributed by atoms with Gasteiger partial charge in [0, 0.05) is 28.7 Å². The van der Waals surface area contributed by atoms with E-state index in [0.29, 0.717) is 5.82 Å². The van der Waals surface area contributed by atoms with Crippen molar-refractivity contribution in [3.8, 4) is 22.1 Å². The van der Waals surface area contributed by atoms with Crippen molar-refractivity contribution in [1.82, 2.24) is 30.1 Å². The molecule has 0 aliphatic heterocycles. The molecule has 0 aromatic carbocycles.